The molecule has 1 unspecified atom stereocenters. The highest BCUT2D eigenvalue weighted by atomic mass is 32.1. The van der Waals surface area contributed by atoms with Crippen molar-refractivity contribution in [3.63, 3.8) is 0 Å². The minimum absolute atomic E-state index is 0.274. The van der Waals surface area contributed by atoms with E-state index in [0.29, 0.717) is 0 Å². The lowest BCUT2D eigenvalue weighted by atomic mass is 10.1. The van der Waals surface area contributed by atoms with Crippen LogP contribution in [0.5, 0.6) is 0 Å². The number of nitrogens with zero attached hydrogens (tertiary/aromatic N) is 2. The Morgan fingerprint density at radius 1 is 1.33 bits per heavy atom. The Bertz CT molecular complexity index is 561. The van der Waals surface area contributed by atoms with Gasteiger partial charge in [-0.25, -0.2) is 0 Å². The first kappa shape index (κ1) is 14.8. The fourth-order valence-corrected chi connectivity index (χ4v) is 4.64. The number of aromatic nitrogens is 2. The third-order valence-corrected chi connectivity index (χ3v) is 5.62. The van der Waals surface area contributed by atoms with Gasteiger partial charge < -0.3 is 5.32 Å². The third-order valence-electron chi connectivity index (χ3n) is 4.32. The molecule has 0 amide bonds. The van der Waals surface area contributed by atoms with E-state index in [2.05, 4.69) is 41.2 Å². The van der Waals surface area contributed by atoms with Gasteiger partial charge in [0.25, 0.3) is 0 Å². The van der Waals surface area contributed by atoms with E-state index < -0.39 is 0 Å². The molecule has 1 aliphatic carbocycles. The summed E-state index contributed by atoms with van der Waals surface area (Å²) in [5.74, 6) is 0. The monoisotopic (exact) mass is 303 g/mol. The summed E-state index contributed by atoms with van der Waals surface area (Å²) in [6, 6.07) is 4.87. The Morgan fingerprint density at radius 3 is 3.00 bits per heavy atom. The molecule has 21 heavy (non-hydrogen) atoms. The Kier molecular flexibility index (Phi) is 4.76. The van der Waals surface area contributed by atoms with Crippen LogP contribution in [0.15, 0.2) is 18.3 Å². The van der Waals surface area contributed by atoms with Gasteiger partial charge in [-0.3, -0.25) is 4.68 Å². The maximum absolute atomic E-state index is 4.48. The lowest BCUT2D eigenvalue weighted by Gasteiger charge is -2.16. The predicted molar refractivity (Wildman–Crippen MR) is 89.0 cm³/mol. The number of hydrogen-bond donors (Lipinski definition) is 1. The smallest absolute Gasteiger partial charge is 0.0839 e. The molecule has 3 rings (SSSR count). The highest BCUT2D eigenvalue weighted by molar-refractivity contribution is 7.12. The molecule has 2 heterocycles. The average Bonchev–Trinajstić information content (AvgIpc) is 3.03. The fraction of sp³-hybridized carbons (Fsp3) is 0.588. The van der Waals surface area contributed by atoms with Crippen LogP contribution in [0.25, 0.3) is 0 Å². The Labute approximate surface area is 131 Å². The molecule has 0 saturated heterocycles. The molecule has 3 nitrogen and oxygen atoms in total. The SMILES string of the molecule is CCCn1nccc1C(NC)c1cc2c(s1)CCCCC2. The van der Waals surface area contributed by atoms with Crippen molar-refractivity contribution < 1.29 is 0 Å². The van der Waals surface area contributed by atoms with Crippen LogP contribution < -0.4 is 5.32 Å². The van der Waals surface area contributed by atoms with Gasteiger partial charge in [0.05, 0.1) is 11.7 Å². The third kappa shape index (κ3) is 3.06. The summed E-state index contributed by atoms with van der Waals surface area (Å²) in [6.45, 7) is 3.19. The van der Waals surface area contributed by atoms with Gasteiger partial charge in [0.2, 0.25) is 0 Å². The van der Waals surface area contributed by atoms with Crippen LogP contribution in [0.4, 0.5) is 0 Å². The first-order chi connectivity index (χ1) is 10.3. The van der Waals surface area contributed by atoms with Gasteiger partial charge in [0.1, 0.15) is 0 Å². The van der Waals surface area contributed by atoms with Gasteiger partial charge in [0.15, 0.2) is 0 Å². The van der Waals surface area contributed by atoms with Gasteiger partial charge in [-0.2, -0.15) is 5.10 Å². The van der Waals surface area contributed by atoms with Crippen LogP contribution in [0.1, 0.15) is 59.7 Å². The van der Waals surface area contributed by atoms with Gasteiger partial charge >= 0.3 is 0 Å². The highest BCUT2D eigenvalue weighted by Crippen LogP contribution is 2.34. The first-order valence-electron chi connectivity index (χ1n) is 8.14. The van der Waals surface area contributed by atoms with E-state index in [1.54, 1.807) is 10.4 Å². The molecule has 0 aliphatic heterocycles. The first-order valence-corrected chi connectivity index (χ1v) is 8.95. The lowest BCUT2D eigenvalue weighted by Crippen LogP contribution is -2.20. The summed E-state index contributed by atoms with van der Waals surface area (Å²) >= 11 is 2.00. The summed E-state index contributed by atoms with van der Waals surface area (Å²) in [7, 11) is 2.05. The van der Waals surface area contributed by atoms with Crippen molar-refractivity contribution >= 4 is 11.3 Å². The van der Waals surface area contributed by atoms with Crippen molar-refractivity contribution in [2.75, 3.05) is 7.05 Å². The van der Waals surface area contributed by atoms with E-state index >= 15 is 0 Å². The van der Waals surface area contributed by atoms with E-state index in [1.807, 2.05) is 17.5 Å². The molecular weight excluding hydrogens is 278 g/mol. The summed E-state index contributed by atoms with van der Waals surface area (Å²) in [5, 5.41) is 7.97. The zero-order valence-electron chi connectivity index (χ0n) is 13.1. The number of nitrogens with one attached hydrogen (secondary N) is 1. The largest absolute Gasteiger partial charge is 0.307 e. The van der Waals surface area contributed by atoms with Crippen molar-refractivity contribution in [1.29, 1.82) is 0 Å². The van der Waals surface area contributed by atoms with E-state index in [4.69, 9.17) is 0 Å². The van der Waals surface area contributed by atoms with Crippen molar-refractivity contribution in [3.05, 3.63) is 39.3 Å². The van der Waals surface area contributed by atoms with Gasteiger partial charge in [-0.15, -0.1) is 11.3 Å². The van der Waals surface area contributed by atoms with E-state index in [9.17, 15) is 0 Å². The Balaban J connectivity index is 1.91. The second-order valence-corrected chi connectivity index (χ2v) is 7.03. The predicted octanol–water partition coefficient (Wildman–Crippen LogP) is 3.93. The van der Waals surface area contributed by atoms with Gasteiger partial charge in [0, 0.05) is 22.5 Å². The molecule has 114 valence electrons. The molecule has 0 spiro atoms. The molecular formula is C17H25N3S. The van der Waals surface area contributed by atoms with Crippen LogP contribution in [0.2, 0.25) is 0 Å². The molecule has 4 heteroatoms. The number of hydrogen-bond acceptors (Lipinski definition) is 3. The number of fused-ring (bicyclic) bond motifs is 1. The minimum Gasteiger partial charge on any atom is -0.307 e. The summed E-state index contributed by atoms with van der Waals surface area (Å²) < 4.78 is 2.14. The quantitative estimate of drug-likeness (QED) is 0.848. The molecule has 0 aromatic carbocycles. The van der Waals surface area contributed by atoms with E-state index in [1.165, 1.54) is 42.7 Å². The lowest BCUT2D eigenvalue weighted by molar-refractivity contribution is 0.537. The summed E-state index contributed by atoms with van der Waals surface area (Å²) in [5.41, 5.74) is 2.88. The van der Waals surface area contributed by atoms with Gasteiger partial charge in [-0.05, 0) is 56.8 Å². The minimum atomic E-state index is 0.274. The van der Waals surface area contributed by atoms with Crippen LogP contribution in [0.3, 0.4) is 0 Å². The Hall–Kier alpha value is -1.13. The summed E-state index contributed by atoms with van der Waals surface area (Å²) in [6.07, 6.45) is 9.66. The normalized spacial score (nSPS) is 16.5. The molecule has 1 N–H and O–H groups in total. The molecule has 1 aliphatic rings. The number of aryl methyl sites for hydroxylation is 3. The van der Waals surface area contributed by atoms with Crippen LogP contribution in [0, 0.1) is 0 Å². The van der Waals surface area contributed by atoms with Crippen LogP contribution >= 0.6 is 11.3 Å². The second-order valence-electron chi connectivity index (χ2n) is 5.86. The molecule has 2 aromatic rings. The maximum Gasteiger partial charge on any atom is 0.0839 e. The van der Waals surface area contributed by atoms with Crippen molar-refractivity contribution in [1.82, 2.24) is 15.1 Å². The summed E-state index contributed by atoms with van der Waals surface area (Å²) in [4.78, 5) is 3.06. The molecule has 0 saturated carbocycles. The average molecular weight is 303 g/mol. The van der Waals surface area contributed by atoms with E-state index in [0.717, 1.165) is 13.0 Å². The molecule has 0 bridgehead atoms. The van der Waals surface area contributed by atoms with Crippen LogP contribution in [-0.2, 0) is 19.4 Å². The standard InChI is InChI=1S/C17H25N3S/c1-3-11-20-14(9-10-19-20)17(18-2)16-12-13-7-5-4-6-8-15(13)21-16/h9-10,12,17-18H,3-8,11H2,1-2H3. The number of rotatable bonds is 5. The zero-order chi connectivity index (χ0) is 14.7. The van der Waals surface area contributed by atoms with Crippen molar-refractivity contribution in [2.24, 2.45) is 0 Å². The zero-order valence-corrected chi connectivity index (χ0v) is 13.9. The highest BCUT2D eigenvalue weighted by Gasteiger charge is 2.21. The van der Waals surface area contributed by atoms with Crippen LogP contribution in [-0.4, -0.2) is 16.8 Å². The van der Waals surface area contributed by atoms with E-state index in [-0.39, 0.29) is 6.04 Å². The molecule has 0 fully saturated rings. The number of thiophene rings is 1. The topological polar surface area (TPSA) is 29.9 Å². The molecule has 1 atom stereocenters. The van der Waals surface area contributed by atoms with Crippen molar-refractivity contribution in [2.45, 2.75) is 58.0 Å². The van der Waals surface area contributed by atoms with Crippen molar-refractivity contribution in [3.8, 4) is 0 Å². The molecule has 2 aromatic heterocycles. The Morgan fingerprint density at radius 2 is 2.19 bits per heavy atom. The second kappa shape index (κ2) is 6.75. The molecule has 0 radical (unpaired) electrons. The van der Waals surface area contributed by atoms with Gasteiger partial charge in [-0.1, -0.05) is 13.3 Å². The fourth-order valence-electron chi connectivity index (χ4n) is 3.26. The maximum atomic E-state index is 4.48.